The maximum Gasteiger partial charge on any atom is 0.126 e. The SMILES string of the molecule is CC(C)n1cc[n+](C(C)C)c1[BH-]1C2CCCC1CCC2. The van der Waals surface area contributed by atoms with Crippen molar-refractivity contribution in [2.24, 2.45) is 0 Å². The van der Waals surface area contributed by atoms with Crippen molar-refractivity contribution in [3.8, 4) is 0 Å². The molecule has 0 N–H and O–H groups in total. The summed E-state index contributed by atoms with van der Waals surface area (Å²) in [4.78, 5) is 0. The second-order valence-corrected chi connectivity index (χ2v) is 7.95. The molecule has 0 atom stereocenters. The molecular formula is C17H31BN2. The third kappa shape index (κ3) is 2.33. The molecule has 2 bridgehead atoms. The average Bonchev–Trinajstić information content (AvgIpc) is 2.82. The van der Waals surface area contributed by atoms with E-state index in [1.54, 1.807) is 5.72 Å². The fourth-order valence-corrected chi connectivity index (χ4v) is 5.36. The first-order valence-corrected chi connectivity index (χ1v) is 8.93. The van der Waals surface area contributed by atoms with Crippen molar-refractivity contribution in [3.05, 3.63) is 12.4 Å². The van der Waals surface area contributed by atoms with Gasteiger partial charge in [0, 0.05) is 0 Å². The second-order valence-electron chi connectivity index (χ2n) is 7.95. The minimum atomic E-state index is -0.167. The molecule has 2 nitrogen and oxygen atoms in total. The molecule has 0 spiro atoms. The van der Waals surface area contributed by atoms with Crippen LogP contribution in [0.15, 0.2) is 12.4 Å². The van der Waals surface area contributed by atoms with Gasteiger partial charge in [0.2, 0.25) is 0 Å². The number of hydrogen-bond donors (Lipinski definition) is 0. The van der Waals surface area contributed by atoms with E-state index in [0.717, 1.165) is 11.6 Å². The smallest absolute Gasteiger partial charge is 0.126 e. The van der Waals surface area contributed by atoms with Crippen LogP contribution in [-0.4, -0.2) is 11.3 Å². The normalized spacial score (nSPS) is 30.2. The van der Waals surface area contributed by atoms with Gasteiger partial charge in [-0.1, -0.05) is 38.5 Å². The first kappa shape index (κ1) is 14.2. The van der Waals surface area contributed by atoms with E-state index in [2.05, 4.69) is 49.2 Å². The Morgan fingerprint density at radius 1 is 1.05 bits per heavy atom. The average molecular weight is 274 g/mol. The van der Waals surface area contributed by atoms with Gasteiger partial charge in [-0.05, 0) is 27.7 Å². The summed E-state index contributed by atoms with van der Waals surface area (Å²) >= 11 is 0. The fourth-order valence-electron chi connectivity index (χ4n) is 5.36. The molecule has 2 fully saturated rings. The molecule has 3 rings (SSSR count). The standard InChI is InChI=1S/C17H31BN2/c1-13(2)19-11-12-20(14(3)4)17(19)18-15-7-5-8-16(18)10-6-9-15/h11-16,18H,5-10H2,1-4H3. The Kier molecular flexibility index (Phi) is 3.96. The molecule has 1 aromatic rings. The second kappa shape index (κ2) is 5.58. The minimum Gasteiger partial charge on any atom is -0.269 e. The Labute approximate surface area is 124 Å². The summed E-state index contributed by atoms with van der Waals surface area (Å²) in [7, 11) is 0. The predicted octanol–water partition coefficient (Wildman–Crippen LogP) is 3.48. The van der Waals surface area contributed by atoms with Crippen molar-refractivity contribution in [2.45, 2.75) is 89.9 Å². The zero-order valence-corrected chi connectivity index (χ0v) is 13.8. The lowest BCUT2D eigenvalue weighted by atomic mass is 9.26. The highest BCUT2D eigenvalue weighted by Gasteiger charge is 2.38. The molecule has 0 aromatic carbocycles. The molecule has 2 saturated heterocycles. The fraction of sp³-hybridized carbons (Fsp3) is 0.824. The topological polar surface area (TPSA) is 8.81 Å². The van der Waals surface area contributed by atoms with Crippen molar-refractivity contribution in [3.63, 3.8) is 0 Å². The lowest BCUT2D eigenvalue weighted by Gasteiger charge is -2.46. The van der Waals surface area contributed by atoms with Crippen LogP contribution >= 0.6 is 0 Å². The van der Waals surface area contributed by atoms with Gasteiger partial charge in [0.25, 0.3) is 0 Å². The molecule has 0 radical (unpaired) electrons. The van der Waals surface area contributed by atoms with Gasteiger partial charge >= 0.3 is 0 Å². The highest BCUT2D eigenvalue weighted by Crippen LogP contribution is 2.45. The Balaban J connectivity index is 2.05. The van der Waals surface area contributed by atoms with Crippen LogP contribution in [0.25, 0.3) is 0 Å². The number of fused-ring (bicyclic) bond motifs is 2. The zero-order chi connectivity index (χ0) is 14.3. The van der Waals surface area contributed by atoms with Gasteiger partial charge in [0.1, 0.15) is 19.1 Å². The number of imidazole rings is 1. The number of aromatic nitrogens is 2. The largest absolute Gasteiger partial charge is 0.269 e. The van der Waals surface area contributed by atoms with Crippen LogP contribution in [0.5, 0.6) is 0 Å². The Morgan fingerprint density at radius 3 is 2.05 bits per heavy atom. The predicted molar refractivity (Wildman–Crippen MR) is 87.4 cm³/mol. The molecule has 0 amide bonds. The molecular weight excluding hydrogens is 243 g/mol. The van der Waals surface area contributed by atoms with Gasteiger partial charge in [-0.15, -0.1) is 0 Å². The first-order valence-electron chi connectivity index (χ1n) is 8.93. The van der Waals surface area contributed by atoms with Crippen LogP contribution < -0.4 is 10.3 Å². The van der Waals surface area contributed by atoms with Crippen LogP contribution in [0.4, 0.5) is 0 Å². The van der Waals surface area contributed by atoms with Gasteiger partial charge in [-0.25, -0.2) is 0 Å². The molecule has 0 saturated carbocycles. The molecule has 2 aliphatic rings. The Hall–Kier alpha value is -0.725. The summed E-state index contributed by atoms with van der Waals surface area (Å²) in [6, 6.07) is 1.19. The van der Waals surface area contributed by atoms with Crippen LogP contribution in [0.1, 0.15) is 78.3 Å². The summed E-state index contributed by atoms with van der Waals surface area (Å²) in [6.45, 7) is 9.19. The summed E-state index contributed by atoms with van der Waals surface area (Å²) in [5.41, 5.74) is 1.71. The van der Waals surface area contributed by atoms with Gasteiger partial charge < -0.3 is 0 Å². The van der Waals surface area contributed by atoms with Crippen molar-refractivity contribution < 1.29 is 4.57 Å². The first-order chi connectivity index (χ1) is 9.59. The van der Waals surface area contributed by atoms with Crippen molar-refractivity contribution in [1.82, 2.24) is 4.57 Å². The van der Waals surface area contributed by atoms with Gasteiger partial charge in [-0.2, -0.15) is 11.6 Å². The lowest BCUT2D eigenvalue weighted by molar-refractivity contribution is -0.699. The summed E-state index contributed by atoms with van der Waals surface area (Å²) in [5, 5.41) is 0. The third-order valence-electron chi connectivity index (χ3n) is 6.16. The van der Waals surface area contributed by atoms with E-state index in [1.807, 2.05) is 0 Å². The van der Waals surface area contributed by atoms with E-state index in [-0.39, 0.29) is 6.71 Å². The van der Waals surface area contributed by atoms with Crippen molar-refractivity contribution in [2.75, 3.05) is 0 Å². The summed E-state index contributed by atoms with van der Waals surface area (Å²) < 4.78 is 5.19. The number of hydrogen-bond acceptors (Lipinski definition) is 0. The van der Waals surface area contributed by atoms with Gasteiger partial charge in [0.15, 0.2) is 0 Å². The molecule has 0 aliphatic carbocycles. The quantitative estimate of drug-likeness (QED) is 0.589. The Bertz CT molecular complexity index is 416. The molecule has 20 heavy (non-hydrogen) atoms. The molecule has 2 aliphatic heterocycles. The third-order valence-corrected chi connectivity index (χ3v) is 6.16. The van der Waals surface area contributed by atoms with Gasteiger partial charge in [0.05, 0.1) is 17.8 Å². The maximum absolute atomic E-state index is 2.59. The van der Waals surface area contributed by atoms with Crippen LogP contribution in [0, 0.1) is 0 Å². The highest BCUT2D eigenvalue weighted by molar-refractivity contribution is 6.74. The van der Waals surface area contributed by atoms with E-state index in [9.17, 15) is 0 Å². The minimum absolute atomic E-state index is 0.167. The molecule has 0 unspecified atom stereocenters. The number of rotatable bonds is 3. The van der Waals surface area contributed by atoms with Crippen LogP contribution in [-0.2, 0) is 0 Å². The van der Waals surface area contributed by atoms with Crippen molar-refractivity contribution >= 4 is 12.4 Å². The van der Waals surface area contributed by atoms with Crippen LogP contribution in [0.2, 0.25) is 11.6 Å². The summed E-state index contributed by atoms with van der Waals surface area (Å²) in [5.74, 6) is 2.06. The molecule has 3 heteroatoms. The highest BCUT2D eigenvalue weighted by atomic mass is 15.2. The van der Waals surface area contributed by atoms with E-state index < -0.39 is 0 Å². The summed E-state index contributed by atoms with van der Waals surface area (Å²) in [6.07, 6.45) is 13.7. The van der Waals surface area contributed by atoms with Gasteiger partial charge in [-0.3, -0.25) is 9.13 Å². The van der Waals surface area contributed by atoms with E-state index in [0.29, 0.717) is 12.1 Å². The number of nitrogens with zero attached hydrogens (tertiary/aromatic N) is 2. The molecule has 3 heterocycles. The maximum atomic E-state index is 2.59. The van der Waals surface area contributed by atoms with E-state index in [4.69, 9.17) is 0 Å². The van der Waals surface area contributed by atoms with Crippen molar-refractivity contribution in [1.29, 1.82) is 0 Å². The van der Waals surface area contributed by atoms with Crippen LogP contribution in [0.3, 0.4) is 0 Å². The molecule has 1 aromatic heterocycles. The van der Waals surface area contributed by atoms with E-state index in [1.165, 1.54) is 38.5 Å². The molecule has 112 valence electrons. The van der Waals surface area contributed by atoms with E-state index >= 15 is 0 Å². The Morgan fingerprint density at radius 2 is 1.60 bits per heavy atom. The zero-order valence-electron chi connectivity index (χ0n) is 13.8. The lowest BCUT2D eigenvalue weighted by Crippen LogP contribution is -2.63. The monoisotopic (exact) mass is 274 g/mol.